The molecule has 5 nitrogen and oxygen atoms in total. The lowest BCUT2D eigenvalue weighted by Crippen LogP contribution is -2.23. The molecule has 0 fully saturated rings. The number of anilines is 1. The van der Waals surface area contributed by atoms with E-state index in [0.29, 0.717) is 12.5 Å². The third-order valence-corrected chi connectivity index (χ3v) is 2.71. The van der Waals surface area contributed by atoms with Crippen molar-refractivity contribution in [3.63, 3.8) is 0 Å². The summed E-state index contributed by atoms with van der Waals surface area (Å²) in [5.41, 5.74) is 1.84. The molecule has 2 aromatic rings. The molecular weight excluding hydrogens is 242 g/mol. The number of benzene rings is 1. The Morgan fingerprint density at radius 3 is 2.68 bits per heavy atom. The highest BCUT2D eigenvalue weighted by Crippen LogP contribution is 2.17. The quantitative estimate of drug-likeness (QED) is 0.888. The number of rotatable bonds is 5. The fraction of sp³-hybridized carbons (Fsp3) is 0.214. The molecule has 0 unspecified atom stereocenters. The van der Waals surface area contributed by atoms with Crippen LogP contribution in [0, 0.1) is 0 Å². The summed E-state index contributed by atoms with van der Waals surface area (Å²) < 4.78 is 0. The normalized spacial score (nSPS) is 10.2. The van der Waals surface area contributed by atoms with Crippen molar-refractivity contribution < 1.29 is 9.90 Å². The third kappa shape index (κ3) is 3.51. The first-order chi connectivity index (χ1) is 9.16. The van der Waals surface area contributed by atoms with E-state index in [1.165, 1.54) is 0 Å². The monoisotopic (exact) mass is 257 g/mol. The summed E-state index contributed by atoms with van der Waals surface area (Å²) in [5.74, 6) is -0.298. The fourth-order valence-electron chi connectivity index (χ4n) is 1.67. The van der Waals surface area contributed by atoms with Crippen molar-refractivity contribution in [2.24, 2.45) is 0 Å². The van der Waals surface area contributed by atoms with E-state index >= 15 is 0 Å². The van der Waals surface area contributed by atoms with Crippen LogP contribution in [-0.2, 0) is 4.79 Å². The van der Waals surface area contributed by atoms with Gasteiger partial charge in [0.1, 0.15) is 0 Å². The molecule has 0 aliphatic rings. The summed E-state index contributed by atoms with van der Waals surface area (Å²) >= 11 is 0. The Morgan fingerprint density at radius 1 is 1.26 bits per heavy atom. The standard InChI is InChI=1S/C14H15N3O2/c1-17(10-8-13(18)19)14-15-9-7-12(16-14)11-5-3-2-4-6-11/h2-7,9H,8,10H2,1H3,(H,18,19). The van der Waals surface area contributed by atoms with Crippen LogP contribution < -0.4 is 4.90 Å². The van der Waals surface area contributed by atoms with E-state index in [4.69, 9.17) is 5.11 Å². The first-order valence-corrected chi connectivity index (χ1v) is 5.98. The van der Waals surface area contributed by atoms with Crippen molar-refractivity contribution in [1.29, 1.82) is 0 Å². The predicted molar refractivity (Wildman–Crippen MR) is 73.0 cm³/mol. The number of aliphatic carboxylic acids is 1. The molecule has 0 aliphatic heterocycles. The Bertz CT molecular complexity index is 558. The molecule has 98 valence electrons. The summed E-state index contributed by atoms with van der Waals surface area (Å²) in [6.45, 7) is 0.383. The highest BCUT2D eigenvalue weighted by atomic mass is 16.4. The highest BCUT2D eigenvalue weighted by Gasteiger charge is 2.08. The van der Waals surface area contributed by atoms with Crippen LogP contribution in [0.5, 0.6) is 0 Å². The Balaban J connectivity index is 2.17. The summed E-state index contributed by atoms with van der Waals surface area (Å²) in [6, 6.07) is 11.6. The second-order valence-electron chi connectivity index (χ2n) is 4.17. The number of hydrogen-bond acceptors (Lipinski definition) is 4. The van der Waals surface area contributed by atoms with Crippen LogP contribution in [-0.4, -0.2) is 34.6 Å². The molecule has 1 heterocycles. The first kappa shape index (κ1) is 13.0. The van der Waals surface area contributed by atoms with E-state index in [0.717, 1.165) is 11.3 Å². The zero-order valence-electron chi connectivity index (χ0n) is 10.7. The first-order valence-electron chi connectivity index (χ1n) is 5.98. The second kappa shape index (κ2) is 5.95. The number of carboxylic acids is 1. The van der Waals surface area contributed by atoms with Crippen molar-refractivity contribution in [3.8, 4) is 11.3 Å². The van der Waals surface area contributed by atoms with Gasteiger partial charge in [0, 0.05) is 25.4 Å². The predicted octanol–water partition coefficient (Wildman–Crippen LogP) is 2.05. The lowest BCUT2D eigenvalue weighted by atomic mass is 10.1. The van der Waals surface area contributed by atoms with Gasteiger partial charge in [-0.15, -0.1) is 0 Å². The van der Waals surface area contributed by atoms with E-state index < -0.39 is 5.97 Å². The molecule has 0 aliphatic carbocycles. The van der Waals surface area contributed by atoms with Crippen molar-refractivity contribution >= 4 is 11.9 Å². The van der Waals surface area contributed by atoms with Gasteiger partial charge in [-0.05, 0) is 6.07 Å². The molecule has 0 atom stereocenters. The summed E-state index contributed by atoms with van der Waals surface area (Å²) in [4.78, 5) is 20.9. The Kier molecular flexibility index (Phi) is 4.07. The van der Waals surface area contributed by atoms with Gasteiger partial charge in [-0.1, -0.05) is 30.3 Å². The maximum atomic E-state index is 10.6. The van der Waals surface area contributed by atoms with E-state index in [-0.39, 0.29) is 6.42 Å². The van der Waals surface area contributed by atoms with E-state index in [1.807, 2.05) is 36.4 Å². The molecule has 1 N–H and O–H groups in total. The van der Waals surface area contributed by atoms with Crippen molar-refractivity contribution in [2.75, 3.05) is 18.5 Å². The van der Waals surface area contributed by atoms with Crippen molar-refractivity contribution in [3.05, 3.63) is 42.6 Å². The summed E-state index contributed by atoms with van der Waals surface area (Å²) in [6.07, 6.45) is 1.75. The molecule has 0 spiro atoms. The fourth-order valence-corrected chi connectivity index (χ4v) is 1.67. The van der Waals surface area contributed by atoms with Crippen LogP contribution in [0.3, 0.4) is 0 Å². The molecule has 2 rings (SSSR count). The van der Waals surface area contributed by atoms with Crippen LogP contribution >= 0.6 is 0 Å². The number of aromatic nitrogens is 2. The molecule has 0 radical (unpaired) electrons. The Hall–Kier alpha value is -2.43. The van der Waals surface area contributed by atoms with Crippen molar-refractivity contribution in [2.45, 2.75) is 6.42 Å². The van der Waals surface area contributed by atoms with Gasteiger partial charge in [-0.25, -0.2) is 9.97 Å². The van der Waals surface area contributed by atoms with E-state index in [2.05, 4.69) is 9.97 Å². The molecule has 19 heavy (non-hydrogen) atoms. The van der Waals surface area contributed by atoms with E-state index in [1.54, 1.807) is 18.1 Å². The van der Waals surface area contributed by atoms with Gasteiger partial charge in [0.15, 0.2) is 0 Å². The van der Waals surface area contributed by atoms with Gasteiger partial charge < -0.3 is 10.0 Å². The molecule has 0 bridgehead atoms. The molecule has 0 amide bonds. The molecule has 0 saturated heterocycles. The smallest absolute Gasteiger partial charge is 0.305 e. The molecular formula is C14H15N3O2. The minimum atomic E-state index is -0.828. The Morgan fingerprint density at radius 2 is 2.00 bits per heavy atom. The zero-order chi connectivity index (χ0) is 13.7. The van der Waals surface area contributed by atoms with E-state index in [9.17, 15) is 4.79 Å². The Labute approximate surface area is 111 Å². The van der Waals surface area contributed by atoms with Crippen LogP contribution in [0.4, 0.5) is 5.95 Å². The van der Waals surface area contributed by atoms with Gasteiger partial charge in [0.05, 0.1) is 12.1 Å². The summed E-state index contributed by atoms with van der Waals surface area (Å²) in [7, 11) is 1.78. The number of carboxylic acid groups (broad SMARTS) is 1. The lowest BCUT2D eigenvalue weighted by molar-refractivity contribution is -0.136. The van der Waals surface area contributed by atoms with Crippen LogP contribution in [0.2, 0.25) is 0 Å². The van der Waals surface area contributed by atoms with Gasteiger partial charge in [0.2, 0.25) is 5.95 Å². The lowest BCUT2D eigenvalue weighted by Gasteiger charge is -2.16. The molecule has 0 saturated carbocycles. The maximum Gasteiger partial charge on any atom is 0.305 e. The SMILES string of the molecule is CN(CCC(=O)O)c1nccc(-c2ccccc2)n1. The third-order valence-electron chi connectivity index (χ3n) is 2.71. The average molecular weight is 257 g/mol. The zero-order valence-corrected chi connectivity index (χ0v) is 10.7. The van der Waals surface area contributed by atoms with Gasteiger partial charge in [0.25, 0.3) is 0 Å². The number of carbonyl (C=O) groups is 1. The second-order valence-corrected chi connectivity index (χ2v) is 4.17. The van der Waals surface area contributed by atoms with Crippen LogP contribution in [0.15, 0.2) is 42.6 Å². The largest absolute Gasteiger partial charge is 0.481 e. The number of hydrogen-bond donors (Lipinski definition) is 1. The highest BCUT2D eigenvalue weighted by molar-refractivity contribution is 5.67. The minimum absolute atomic E-state index is 0.0649. The minimum Gasteiger partial charge on any atom is -0.481 e. The molecule has 1 aromatic heterocycles. The van der Waals surface area contributed by atoms with Crippen LogP contribution in [0.25, 0.3) is 11.3 Å². The topological polar surface area (TPSA) is 66.3 Å². The number of nitrogens with zero attached hydrogens (tertiary/aromatic N) is 3. The summed E-state index contributed by atoms with van der Waals surface area (Å²) in [5, 5.41) is 8.67. The van der Waals surface area contributed by atoms with Crippen molar-refractivity contribution in [1.82, 2.24) is 9.97 Å². The maximum absolute atomic E-state index is 10.6. The van der Waals surface area contributed by atoms with Crippen LogP contribution in [0.1, 0.15) is 6.42 Å². The average Bonchev–Trinajstić information content (AvgIpc) is 2.46. The van der Waals surface area contributed by atoms with Gasteiger partial charge in [-0.2, -0.15) is 0 Å². The molecule has 1 aromatic carbocycles. The van der Waals surface area contributed by atoms with Gasteiger partial charge in [-0.3, -0.25) is 4.79 Å². The van der Waals surface area contributed by atoms with Gasteiger partial charge >= 0.3 is 5.97 Å². The molecule has 5 heteroatoms.